The van der Waals surface area contributed by atoms with Gasteiger partial charge in [0.15, 0.2) is 11.6 Å². The predicted octanol–water partition coefficient (Wildman–Crippen LogP) is 4.14. The molecule has 0 spiro atoms. The highest BCUT2D eigenvalue weighted by Gasteiger charge is 2.44. The van der Waals surface area contributed by atoms with Crippen LogP contribution in [0, 0.1) is 24.4 Å². The lowest BCUT2D eigenvalue weighted by molar-refractivity contribution is -0.0795. The Morgan fingerprint density at radius 3 is 2.56 bits per heavy atom. The van der Waals surface area contributed by atoms with Gasteiger partial charge >= 0.3 is 0 Å². The van der Waals surface area contributed by atoms with E-state index in [4.69, 9.17) is 4.74 Å². The molecule has 0 saturated carbocycles. The minimum absolute atomic E-state index is 0.0433. The van der Waals surface area contributed by atoms with Crippen molar-refractivity contribution < 1.29 is 27.8 Å². The molecule has 9 heteroatoms. The van der Waals surface area contributed by atoms with Crippen LogP contribution in [-0.2, 0) is 4.74 Å². The third-order valence-electron chi connectivity index (χ3n) is 5.82. The number of halogens is 3. The summed E-state index contributed by atoms with van der Waals surface area (Å²) in [6.07, 6.45) is 2.13. The van der Waals surface area contributed by atoms with Gasteiger partial charge in [0, 0.05) is 19.7 Å². The third-order valence-corrected chi connectivity index (χ3v) is 5.82. The smallest absolute Gasteiger partial charge is 0.256 e. The zero-order valence-electron chi connectivity index (χ0n) is 19.8. The number of anilines is 2. The van der Waals surface area contributed by atoms with Crippen LogP contribution in [0.5, 0.6) is 0 Å². The zero-order chi connectivity index (χ0) is 24.9. The molecule has 2 aromatic carbocycles. The van der Waals surface area contributed by atoms with Crippen molar-refractivity contribution in [2.75, 3.05) is 38.1 Å². The lowest BCUT2D eigenvalue weighted by Gasteiger charge is -2.46. The summed E-state index contributed by atoms with van der Waals surface area (Å²) in [7, 11) is 0. The molecular weight excluding hydrogens is 447 g/mol. The SMILES string of the molecule is CC.Cc1ccc(Nc2c(C(=O)N3CC(O)(CNCC4CCCO4)C3)ccc(F)c2F)c(F)c1. The number of amides is 1. The molecule has 1 unspecified atom stereocenters. The Hall–Kier alpha value is -2.62. The maximum absolute atomic E-state index is 14.6. The average Bonchev–Trinajstić information content (AvgIpc) is 3.31. The largest absolute Gasteiger partial charge is 0.385 e. The number of rotatable bonds is 7. The summed E-state index contributed by atoms with van der Waals surface area (Å²) in [6.45, 7) is 7.44. The van der Waals surface area contributed by atoms with Crippen molar-refractivity contribution in [3.8, 4) is 0 Å². The fourth-order valence-corrected chi connectivity index (χ4v) is 4.07. The summed E-state index contributed by atoms with van der Waals surface area (Å²) < 4.78 is 48.2. The average molecular weight is 480 g/mol. The third kappa shape index (κ3) is 5.89. The van der Waals surface area contributed by atoms with Gasteiger partial charge in [-0.2, -0.15) is 0 Å². The van der Waals surface area contributed by atoms with Crippen molar-refractivity contribution >= 4 is 17.3 Å². The van der Waals surface area contributed by atoms with Crippen LogP contribution in [0.15, 0.2) is 30.3 Å². The van der Waals surface area contributed by atoms with E-state index in [9.17, 15) is 23.1 Å². The van der Waals surface area contributed by atoms with Gasteiger partial charge in [-0.25, -0.2) is 13.2 Å². The first-order chi connectivity index (χ1) is 16.3. The number of β-amino-alcohol motifs (C(OH)–C–C–N with tert-alkyl or cyclic N) is 1. The molecular formula is C25H32F3N3O3. The lowest BCUT2D eigenvalue weighted by atomic mass is 9.92. The molecule has 2 heterocycles. The van der Waals surface area contributed by atoms with Gasteiger partial charge in [-0.1, -0.05) is 19.9 Å². The Morgan fingerprint density at radius 1 is 1.18 bits per heavy atom. The van der Waals surface area contributed by atoms with Gasteiger partial charge in [-0.3, -0.25) is 4.79 Å². The van der Waals surface area contributed by atoms with E-state index in [1.54, 1.807) is 13.0 Å². The van der Waals surface area contributed by atoms with Crippen LogP contribution in [0.25, 0.3) is 0 Å². The van der Waals surface area contributed by atoms with Crippen LogP contribution in [0.4, 0.5) is 24.5 Å². The molecule has 0 radical (unpaired) electrons. The highest BCUT2D eigenvalue weighted by molar-refractivity contribution is 6.01. The normalized spacial score (nSPS) is 18.7. The van der Waals surface area contributed by atoms with E-state index in [1.807, 2.05) is 13.8 Å². The number of hydrogen-bond donors (Lipinski definition) is 3. The van der Waals surface area contributed by atoms with Crippen molar-refractivity contribution in [2.45, 2.75) is 45.3 Å². The first-order valence-corrected chi connectivity index (χ1v) is 11.6. The fourth-order valence-electron chi connectivity index (χ4n) is 4.07. The second kappa shape index (κ2) is 11.2. The van der Waals surface area contributed by atoms with Crippen LogP contribution < -0.4 is 10.6 Å². The summed E-state index contributed by atoms with van der Waals surface area (Å²) in [5.41, 5.74) is -1.10. The number of hydrogen-bond acceptors (Lipinski definition) is 5. The van der Waals surface area contributed by atoms with Gasteiger partial charge in [0.1, 0.15) is 11.4 Å². The molecule has 2 aliphatic rings. The predicted molar refractivity (Wildman–Crippen MR) is 125 cm³/mol. The van der Waals surface area contributed by atoms with Crippen LogP contribution >= 0.6 is 0 Å². The maximum Gasteiger partial charge on any atom is 0.256 e. The molecule has 1 atom stereocenters. The molecule has 2 aromatic rings. The Morgan fingerprint density at radius 2 is 1.91 bits per heavy atom. The molecule has 6 nitrogen and oxygen atoms in total. The Kier molecular flexibility index (Phi) is 8.57. The Bertz CT molecular complexity index is 1010. The van der Waals surface area contributed by atoms with Crippen LogP contribution in [0.2, 0.25) is 0 Å². The second-order valence-electron chi connectivity index (χ2n) is 8.54. The number of benzene rings is 2. The monoisotopic (exact) mass is 479 g/mol. The standard InChI is InChI=1S/C23H26F3N3O3.C2H6/c1-14-4-7-19(18(25)9-14)28-21-16(5-6-17(24)20(21)26)22(30)29-12-23(31,13-29)11-27-10-15-3-2-8-32-15;1-2/h4-7,9,15,27-28,31H,2-3,8,10-13H2,1H3;1-2H3. The van der Waals surface area contributed by atoms with Crippen LogP contribution in [0.1, 0.15) is 42.6 Å². The lowest BCUT2D eigenvalue weighted by Crippen LogP contribution is -2.67. The molecule has 0 bridgehead atoms. The number of nitrogens with one attached hydrogen (secondary N) is 2. The molecule has 2 saturated heterocycles. The second-order valence-corrected chi connectivity index (χ2v) is 8.54. The molecule has 0 aliphatic carbocycles. The Labute approximate surface area is 198 Å². The Balaban J connectivity index is 0.00000158. The van der Waals surface area contributed by atoms with Crippen molar-refractivity contribution in [1.82, 2.24) is 10.2 Å². The summed E-state index contributed by atoms with van der Waals surface area (Å²) in [6, 6.07) is 6.27. The van der Waals surface area contributed by atoms with Gasteiger partial charge in [0.2, 0.25) is 0 Å². The van der Waals surface area contributed by atoms with Crippen LogP contribution in [0.3, 0.4) is 0 Å². The number of carbonyl (C=O) groups is 1. The summed E-state index contributed by atoms with van der Waals surface area (Å²) in [5, 5.41) is 16.3. The molecule has 34 heavy (non-hydrogen) atoms. The summed E-state index contributed by atoms with van der Waals surface area (Å²) in [5.74, 6) is -3.66. The van der Waals surface area contributed by atoms with Crippen molar-refractivity contribution in [3.63, 3.8) is 0 Å². The van der Waals surface area contributed by atoms with E-state index >= 15 is 0 Å². The van der Waals surface area contributed by atoms with Crippen molar-refractivity contribution in [1.29, 1.82) is 0 Å². The van der Waals surface area contributed by atoms with E-state index in [0.29, 0.717) is 12.1 Å². The zero-order valence-corrected chi connectivity index (χ0v) is 19.8. The molecule has 0 aromatic heterocycles. The van der Waals surface area contributed by atoms with E-state index < -0.39 is 34.6 Å². The summed E-state index contributed by atoms with van der Waals surface area (Å²) in [4.78, 5) is 14.3. The first kappa shape index (κ1) is 26.0. The van der Waals surface area contributed by atoms with Gasteiger partial charge in [-0.15, -0.1) is 0 Å². The van der Waals surface area contributed by atoms with E-state index in [2.05, 4.69) is 10.6 Å². The molecule has 186 valence electrons. The topological polar surface area (TPSA) is 73.8 Å². The number of nitrogens with zero attached hydrogens (tertiary/aromatic N) is 1. The molecule has 2 aliphatic heterocycles. The fraction of sp³-hybridized carbons (Fsp3) is 0.480. The number of carbonyl (C=O) groups excluding carboxylic acids is 1. The molecule has 3 N–H and O–H groups in total. The first-order valence-electron chi connectivity index (χ1n) is 11.6. The van der Waals surface area contributed by atoms with E-state index in [1.165, 1.54) is 17.0 Å². The van der Waals surface area contributed by atoms with E-state index in [-0.39, 0.29) is 37.0 Å². The van der Waals surface area contributed by atoms with Gasteiger partial charge < -0.3 is 25.4 Å². The summed E-state index contributed by atoms with van der Waals surface area (Å²) >= 11 is 0. The number of ether oxygens (including phenoxy) is 1. The number of aryl methyl sites for hydroxylation is 1. The van der Waals surface area contributed by atoms with Gasteiger partial charge in [0.25, 0.3) is 5.91 Å². The maximum atomic E-state index is 14.6. The number of likely N-dealkylation sites (tertiary alicyclic amines) is 1. The van der Waals surface area contributed by atoms with Gasteiger partial charge in [-0.05, 0) is 49.6 Å². The number of aliphatic hydroxyl groups is 1. The van der Waals surface area contributed by atoms with Gasteiger partial charge in [0.05, 0.1) is 36.1 Å². The molecule has 1 amide bonds. The van der Waals surface area contributed by atoms with Crippen LogP contribution in [-0.4, -0.2) is 60.4 Å². The minimum atomic E-state index is -1.27. The van der Waals surface area contributed by atoms with Crippen molar-refractivity contribution in [2.24, 2.45) is 0 Å². The quantitative estimate of drug-likeness (QED) is 0.557. The molecule has 4 rings (SSSR count). The molecule has 2 fully saturated rings. The highest BCUT2D eigenvalue weighted by atomic mass is 19.2. The highest BCUT2D eigenvalue weighted by Crippen LogP contribution is 2.31. The minimum Gasteiger partial charge on any atom is -0.385 e. The van der Waals surface area contributed by atoms with Crippen molar-refractivity contribution in [3.05, 3.63) is 58.9 Å². The van der Waals surface area contributed by atoms with E-state index in [0.717, 1.165) is 31.6 Å².